The van der Waals surface area contributed by atoms with Crippen LogP contribution in [0.5, 0.6) is 0 Å². The average molecular weight is 364 g/mol. The maximum absolute atomic E-state index is 7.30. The first-order valence-corrected chi connectivity index (χ1v) is 8.69. The van der Waals surface area contributed by atoms with Crippen LogP contribution in [0.3, 0.4) is 0 Å². The highest BCUT2D eigenvalue weighted by Crippen LogP contribution is 2.33. The lowest BCUT2D eigenvalue weighted by atomic mass is 10.1. The maximum Gasteiger partial charge on any atom is 0.226 e. The van der Waals surface area contributed by atoms with E-state index in [1.54, 1.807) is 18.7 Å². The molecule has 0 spiro atoms. The van der Waals surface area contributed by atoms with Crippen molar-refractivity contribution >= 4 is 28.6 Å². The molecule has 0 aliphatic carbocycles. The van der Waals surface area contributed by atoms with Crippen LogP contribution in [0.1, 0.15) is 12.6 Å². The van der Waals surface area contributed by atoms with Gasteiger partial charge >= 0.3 is 0 Å². The van der Waals surface area contributed by atoms with Gasteiger partial charge in [-0.2, -0.15) is 0 Å². The lowest BCUT2D eigenvalue weighted by Gasteiger charge is -2.34. The van der Waals surface area contributed by atoms with Gasteiger partial charge in [0, 0.05) is 24.3 Å². The molecule has 138 valence electrons. The Bertz CT molecular complexity index is 999. The van der Waals surface area contributed by atoms with Gasteiger partial charge in [-0.15, -0.1) is 0 Å². The molecule has 0 aromatic carbocycles. The van der Waals surface area contributed by atoms with E-state index in [0.29, 0.717) is 36.0 Å². The van der Waals surface area contributed by atoms with Gasteiger partial charge < -0.3 is 25.2 Å². The molecule has 3 aromatic heterocycles. The molecule has 8 heteroatoms. The number of oxazole rings is 1. The molecule has 0 amide bonds. The van der Waals surface area contributed by atoms with Gasteiger partial charge in [-0.25, -0.2) is 9.97 Å². The normalized spacial score (nSPS) is 18.0. The molecule has 3 aromatic rings. The molecule has 0 radical (unpaired) electrons. The number of fused-ring (bicyclic) bond motifs is 1. The van der Waals surface area contributed by atoms with Crippen molar-refractivity contribution in [1.29, 1.82) is 5.41 Å². The number of rotatable bonds is 4. The maximum atomic E-state index is 7.30. The first kappa shape index (κ1) is 17.2. The summed E-state index contributed by atoms with van der Waals surface area (Å²) < 4.78 is 11.1. The molecule has 4 heterocycles. The van der Waals surface area contributed by atoms with Crippen molar-refractivity contribution in [2.75, 3.05) is 24.7 Å². The smallest absolute Gasteiger partial charge is 0.226 e. The minimum atomic E-state index is 0.190. The number of hydrogen-bond acceptors (Lipinski definition) is 8. The van der Waals surface area contributed by atoms with Crippen molar-refractivity contribution in [3.63, 3.8) is 0 Å². The number of aromatic nitrogens is 3. The predicted octanol–water partition coefficient (Wildman–Crippen LogP) is 2.46. The Morgan fingerprint density at radius 3 is 3.00 bits per heavy atom. The van der Waals surface area contributed by atoms with Gasteiger partial charge in [-0.05, 0) is 25.1 Å². The Labute approximate surface area is 156 Å². The second kappa shape index (κ2) is 7.16. The van der Waals surface area contributed by atoms with Gasteiger partial charge in [-0.1, -0.05) is 0 Å². The highest BCUT2D eigenvalue weighted by atomic mass is 16.5. The third kappa shape index (κ3) is 3.15. The van der Waals surface area contributed by atoms with Crippen molar-refractivity contribution in [3.8, 4) is 11.5 Å². The largest absolute Gasteiger partial charge is 0.445 e. The highest BCUT2D eigenvalue weighted by molar-refractivity contribution is 5.99. The van der Waals surface area contributed by atoms with Gasteiger partial charge in [0.05, 0.1) is 36.7 Å². The molecule has 1 saturated heterocycles. The van der Waals surface area contributed by atoms with E-state index in [4.69, 9.17) is 25.3 Å². The van der Waals surface area contributed by atoms with Gasteiger partial charge in [-0.3, -0.25) is 4.98 Å². The van der Waals surface area contributed by atoms with Crippen LogP contribution >= 0.6 is 0 Å². The van der Waals surface area contributed by atoms with E-state index < -0.39 is 0 Å². The Morgan fingerprint density at radius 2 is 2.26 bits per heavy atom. The minimum Gasteiger partial charge on any atom is -0.445 e. The number of nitrogens with two attached hydrogens (primary N) is 1. The van der Waals surface area contributed by atoms with Crippen LogP contribution < -0.4 is 10.6 Å². The van der Waals surface area contributed by atoms with Crippen LogP contribution in [0.25, 0.3) is 28.1 Å². The van der Waals surface area contributed by atoms with E-state index in [1.807, 2.05) is 12.1 Å². The molecule has 0 bridgehead atoms. The van der Waals surface area contributed by atoms with Gasteiger partial charge in [0.25, 0.3) is 0 Å². The molecule has 0 saturated carbocycles. The second-order valence-electron chi connectivity index (χ2n) is 6.33. The van der Waals surface area contributed by atoms with Crippen molar-refractivity contribution in [3.05, 3.63) is 42.6 Å². The Morgan fingerprint density at radius 1 is 1.37 bits per heavy atom. The third-order valence-corrected chi connectivity index (χ3v) is 4.58. The fourth-order valence-electron chi connectivity index (χ4n) is 3.27. The molecule has 3 N–H and O–H groups in total. The number of ether oxygens (including phenoxy) is 1. The summed E-state index contributed by atoms with van der Waals surface area (Å²) in [6, 6.07) is 4.04. The number of pyridine rings is 2. The van der Waals surface area contributed by atoms with Crippen LogP contribution in [0.15, 0.2) is 41.3 Å². The first-order valence-electron chi connectivity index (χ1n) is 8.69. The van der Waals surface area contributed by atoms with Crippen molar-refractivity contribution in [2.45, 2.75) is 13.0 Å². The zero-order valence-corrected chi connectivity index (χ0v) is 14.9. The van der Waals surface area contributed by atoms with E-state index in [-0.39, 0.29) is 6.04 Å². The zero-order valence-electron chi connectivity index (χ0n) is 14.9. The van der Waals surface area contributed by atoms with Crippen LogP contribution in [-0.2, 0) is 4.74 Å². The summed E-state index contributed by atoms with van der Waals surface area (Å²) in [5.41, 5.74) is 8.52. The van der Waals surface area contributed by atoms with Crippen LogP contribution in [0.2, 0.25) is 0 Å². The quantitative estimate of drug-likeness (QED) is 0.683. The van der Waals surface area contributed by atoms with Gasteiger partial charge in [0.15, 0.2) is 0 Å². The summed E-state index contributed by atoms with van der Waals surface area (Å²) in [5, 5.41) is 8.14. The fraction of sp³-hybridized carbons (Fsp3) is 0.263. The molecule has 1 fully saturated rings. The third-order valence-electron chi connectivity index (χ3n) is 4.58. The zero-order chi connectivity index (χ0) is 18.8. The molecule has 27 heavy (non-hydrogen) atoms. The molecule has 4 rings (SSSR count). The topological polar surface area (TPSA) is 114 Å². The molecule has 1 aliphatic heterocycles. The number of anilines is 1. The van der Waals surface area contributed by atoms with Crippen molar-refractivity contribution < 1.29 is 9.15 Å². The van der Waals surface area contributed by atoms with Crippen molar-refractivity contribution in [1.82, 2.24) is 15.0 Å². The Hall–Kier alpha value is -3.26. The lowest BCUT2D eigenvalue weighted by Crippen LogP contribution is -2.44. The Balaban J connectivity index is 1.98. The number of morpholine rings is 1. The predicted molar refractivity (Wildman–Crippen MR) is 104 cm³/mol. The summed E-state index contributed by atoms with van der Waals surface area (Å²) >= 11 is 0. The summed E-state index contributed by atoms with van der Waals surface area (Å²) in [5.74, 6) is 1.31. The van der Waals surface area contributed by atoms with E-state index >= 15 is 0 Å². The number of allylic oxidation sites excluding steroid dienone is 1. The average Bonchev–Trinajstić information content (AvgIpc) is 3.22. The number of nitrogens with zero attached hydrogens (tertiary/aromatic N) is 4. The van der Waals surface area contributed by atoms with E-state index in [1.165, 1.54) is 6.08 Å². The molecule has 8 nitrogen and oxygen atoms in total. The molecule has 1 atom stereocenters. The summed E-state index contributed by atoms with van der Waals surface area (Å²) in [6.07, 6.45) is 7.47. The fourth-order valence-corrected chi connectivity index (χ4v) is 3.27. The van der Waals surface area contributed by atoms with Gasteiger partial charge in [0.2, 0.25) is 5.89 Å². The lowest BCUT2D eigenvalue weighted by molar-refractivity contribution is 0.0986. The monoisotopic (exact) mass is 364 g/mol. The SMILES string of the molecule is CC1COCCN1c1cc(-c2ncco2)c2ccnc(/C(N)=C/C=N)c2n1. The highest BCUT2D eigenvalue weighted by Gasteiger charge is 2.23. The standard InChI is InChI=1S/C19H20N6O2/c1-12-11-26-9-7-25(12)16-10-14(19-23-6-8-27-19)13-3-5-22-18(17(13)24-16)15(21)2-4-20/h2-6,8,10,12,20H,7,9,11,21H2,1H3/b15-2-,20-4?. The molecule has 1 unspecified atom stereocenters. The van der Waals surface area contributed by atoms with Gasteiger partial charge in [0.1, 0.15) is 23.3 Å². The van der Waals surface area contributed by atoms with E-state index in [9.17, 15) is 0 Å². The van der Waals surface area contributed by atoms with Crippen LogP contribution in [0.4, 0.5) is 5.82 Å². The van der Waals surface area contributed by atoms with Crippen LogP contribution in [-0.4, -0.2) is 47.0 Å². The summed E-state index contributed by atoms with van der Waals surface area (Å²) in [6.45, 7) is 4.13. The van der Waals surface area contributed by atoms with Crippen LogP contribution in [0, 0.1) is 5.41 Å². The summed E-state index contributed by atoms with van der Waals surface area (Å²) in [4.78, 5) is 15.8. The summed E-state index contributed by atoms with van der Waals surface area (Å²) in [7, 11) is 0. The Kier molecular flexibility index (Phi) is 4.55. The number of hydrogen-bond donors (Lipinski definition) is 2. The molecular formula is C19H20N6O2. The van der Waals surface area contributed by atoms with Crippen molar-refractivity contribution in [2.24, 2.45) is 5.73 Å². The second-order valence-corrected chi connectivity index (χ2v) is 6.33. The first-order chi connectivity index (χ1) is 13.2. The van der Waals surface area contributed by atoms with E-state index in [0.717, 1.165) is 29.5 Å². The minimum absolute atomic E-state index is 0.190. The van der Waals surface area contributed by atoms with E-state index in [2.05, 4.69) is 21.8 Å². The number of nitrogens with one attached hydrogen (secondary N) is 1. The molecular weight excluding hydrogens is 344 g/mol. The molecule has 1 aliphatic rings.